The quantitative estimate of drug-likeness (QED) is 0.565. The van der Waals surface area contributed by atoms with Gasteiger partial charge in [-0.05, 0) is 91.9 Å². The monoisotopic (exact) mass is 380 g/mol. The molecule has 2 spiro atoms. The highest BCUT2D eigenvalue weighted by atomic mass is 16.6. The van der Waals surface area contributed by atoms with Crippen molar-refractivity contribution in [3.63, 3.8) is 0 Å². The van der Waals surface area contributed by atoms with E-state index in [1.807, 2.05) is 0 Å². The molecule has 0 aromatic carbocycles. The van der Waals surface area contributed by atoms with E-state index in [9.17, 15) is 9.59 Å². The molecule has 0 aromatic rings. The average Bonchev–Trinajstić information content (AvgIpc) is 3.55. The minimum absolute atomic E-state index is 0.0555. The van der Waals surface area contributed by atoms with E-state index in [1.165, 1.54) is 38.5 Å². The summed E-state index contributed by atoms with van der Waals surface area (Å²) in [5.41, 5.74) is 2.18. The van der Waals surface area contributed by atoms with E-state index in [-0.39, 0.29) is 22.4 Å². The Kier molecular flexibility index (Phi) is 2.75. The molecule has 0 bridgehead atoms. The zero-order valence-electron chi connectivity index (χ0n) is 17.3. The van der Waals surface area contributed by atoms with Gasteiger partial charge in [-0.25, -0.2) is 0 Å². The molecule has 0 radical (unpaired) electrons. The van der Waals surface area contributed by atoms with Crippen molar-refractivity contribution in [1.82, 2.24) is 0 Å². The third-order valence-electron chi connectivity index (χ3n) is 11.2. The van der Waals surface area contributed by atoms with E-state index in [2.05, 4.69) is 19.9 Å². The normalized spacial score (nSPS) is 57.2. The second kappa shape index (κ2) is 4.62. The number of hydrogen-bond acceptors (Lipinski definition) is 3. The van der Waals surface area contributed by atoms with Gasteiger partial charge in [0.2, 0.25) is 0 Å². The zero-order valence-corrected chi connectivity index (χ0v) is 17.3. The molecule has 1 aliphatic heterocycles. The van der Waals surface area contributed by atoms with E-state index < -0.39 is 0 Å². The molecule has 3 heteroatoms. The molecule has 5 saturated carbocycles. The van der Waals surface area contributed by atoms with Crippen LogP contribution in [0.3, 0.4) is 0 Å². The molecule has 0 N–H and O–H groups in total. The van der Waals surface area contributed by atoms with Crippen molar-refractivity contribution in [3.05, 3.63) is 11.6 Å². The van der Waals surface area contributed by atoms with Gasteiger partial charge in [-0.2, -0.15) is 0 Å². The molecule has 1 heterocycles. The first-order valence-electron chi connectivity index (χ1n) is 11.8. The second-order valence-electron chi connectivity index (χ2n) is 12.0. The molecular formula is C25H32O3. The first kappa shape index (κ1) is 16.7. The standard InChI is InChI=1S/C25H32O3/c1-22-6-3-14(26)11-19(22)24(9-10-24)13-16-17(22)4-7-23(2)21(16)15-12-18(15)25(23)8-5-20(27)28-25/h11,15-18,21H,3-10,12-13H2,1-2H3/t15-,16+,17-,18+,21-,22+,23-,25-/m0/s1. The summed E-state index contributed by atoms with van der Waals surface area (Å²) in [6.07, 6.45) is 13.2. The molecule has 6 aliphatic carbocycles. The second-order valence-corrected chi connectivity index (χ2v) is 12.0. The van der Waals surface area contributed by atoms with Crippen molar-refractivity contribution in [1.29, 1.82) is 0 Å². The summed E-state index contributed by atoms with van der Waals surface area (Å²) >= 11 is 0. The van der Waals surface area contributed by atoms with Gasteiger partial charge in [0.1, 0.15) is 5.60 Å². The smallest absolute Gasteiger partial charge is 0.306 e. The SMILES string of the molecule is C[C@]12CCC(=O)C=C1C1(CC1)C[C@H]1[C@@H]3[C@H]4C[C@H]4[C@@]4(CCC(=O)O4)[C@@]3(C)CC[C@@H]12. The molecule has 3 nitrogen and oxygen atoms in total. The Morgan fingerprint density at radius 2 is 1.79 bits per heavy atom. The van der Waals surface area contributed by atoms with Crippen LogP contribution in [0.5, 0.6) is 0 Å². The van der Waals surface area contributed by atoms with Crippen LogP contribution in [0.15, 0.2) is 11.6 Å². The highest BCUT2D eigenvalue weighted by Crippen LogP contribution is 2.81. The van der Waals surface area contributed by atoms with E-state index in [0.717, 1.165) is 42.9 Å². The number of ether oxygens (including phenoxy) is 1. The Hall–Kier alpha value is -1.12. The lowest BCUT2D eigenvalue weighted by molar-refractivity contribution is -0.178. The molecule has 150 valence electrons. The Bertz CT molecular complexity index is 852. The van der Waals surface area contributed by atoms with Crippen molar-refractivity contribution in [2.75, 3.05) is 0 Å². The lowest BCUT2D eigenvalue weighted by Gasteiger charge is -2.62. The molecule has 0 amide bonds. The number of carbonyl (C=O) groups excluding carboxylic acids is 2. The highest BCUT2D eigenvalue weighted by molar-refractivity contribution is 5.92. The molecule has 1 saturated heterocycles. The van der Waals surface area contributed by atoms with Gasteiger partial charge in [-0.3, -0.25) is 9.59 Å². The van der Waals surface area contributed by atoms with Gasteiger partial charge in [-0.15, -0.1) is 0 Å². The molecule has 6 fully saturated rings. The molecule has 7 aliphatic rings. The van der Waals surface area contributed by atoms with Crippen LogP contribution in [0.1, 0.15) is 78.1 Å². The number of ketones is 1. The molecular weight excluding hydrogens is 348 g/mol. The van der Waals surface area contributed by atoms with Gasteiger partial charge in [0.25, 0.3) is 0 Å². The fourth-order valence-corrected chi connectivity index (χ4v) is 9.98. The first-order valence-corrected chi connectivity index (χ1v) is 11.8. The van der Waals surface area contributed by atoms with Crippen LogP contribution in [0.2, 0.25) is 0 Å². The van der Waals surface area contributed by atoms with Crippen molar-refractivity contribution < 1.29 is 14.3 Å². The maximum Gasteiger partial charge on any atom is 0.306 e. The van der Waals surface area contributed by atoms with Gasteiger partial charge < -0.3 is 4.74 Å². The van der Waals surface area contributed by atoms with Crippen LogP contribution < -0.4 is 0 Å². The van der Waals surface area contributed by atoms with Crippen molar-refractivity contribution in [2.24, 2.45) is 45.8 Å². The Morgan fingerprint density at radius 3 is 2.50 bits per heavy atom. The van der Waals surface area contributed by atoms with Crippen molar-refractivity contribution in [2.45, 2.75) is 83.7 Å². The number of esters is 1. The maximum atomic E-state index is 12.3. The van der Waals surface area contributed by atoms with Gasteiger partial charge >= 0.3 is 5.97 Å². The molecule has 0 aromatic heterocycles. The number of rotatable bonds is 0. The Labute approximate surface area is 167 Å². The largest absolute Gasteiger partial charge is 0.458 e. The lowest BCUT2D eigenvalue weighted by atomic mass is 9.43. The summed E-state index contributed by atoms with van der Waals surface area (Å²) in [5, 5.41) is 0. The molecule has 8 atom stereocenters. The van der Waals surface area contributed by atoms with Crippen LogP contribution in [0, 0.1) is 45.8 Å². The summed E-state index contributed by atoms with van der Waals surface area (Å²) in [4.78, 5) is 24.5. The predicted octanol–water partition coefficient (Wildman–Crippen LogP) is 4.84. The van der Waals surface area contributed by atoms with Gasteiger partial charge in [0.05, 0.1) is 0 Å². The lowest BCUT2D eigenvalue weighted by Crippen LogP contribution is -2.58. The van der Waals surface area contributed by atoms with Crippen LogP contribution in [0.25, 0.3) is 0 Å². The van der Waals surface area contributed by atoms with E-state index in [4.69, 9.17) is 4.74 Å². The van der Waals surface area contributed by atoms with E-state index in [0.29, 0.717) is 23.5 Å². The third kappa shape index (κ3) is 1.64. The van der Waals surface area contributed by atoms with Gasteiger partial charge in [0, 0.05) is 24.2 Å². The van der Waals surface area contributed by atoms with Crippen LogP contribution in [0.4, 0.5) is 0 Å². The van der Waals surface area contributed by atoms with Gasteiger partial charge in [-0.1, -0.05) is 19.4 Å². The van der Waals surface area contributed by atoms with Gasteiger partial charge in [0.15, 0.2) is 5.78 Å². The van der Waals surface area contributed by atoms with E-state index in [1.54, 1.807) is 5.57 Å². The zero-order chi connectivity index (χ0) is 19.1. The average molecular weight is 381 g/mol. The molecule has 7 rings (SSSR count). The van der Waals surface area contributed by atoms with Crippen LogP contribution >= 0.6 is 0 Å². The first-order chi connectivity index (χ1) is 13.3. The number of fused-ring (bicyclic) bond motifs is 10. The molecule has 28 heavy (non-hydrogen) atoms. The highest BCUT2D eigenvalue weighted by Gasteiger charge is 2.80. The predicted molar refractivity (Wildman–Crippen MR) is 104 cm³/mol. The number of allylic oxidation sites excluding steroid dienone is 1. The van der Waals surface area contributed by atoms with Crippen LogP contribution in [-0.2, 0) is 14.3 Å². The Morgan fingerprint density at radius 1 is 0.964 bits per heavy atom. The fraction of sp³-hybridized carbons (Fsp3) is 0.840. The van der Waals surface area contributed by atoms with E-state index >= 15 is 0 Å². The van der Waals surface area contributed by atoms with Crippen molar-refractivity contribution >= 4 is 11.8 Å². The number of hydrogen-bond donors (Lipinski definition) is 0. The summed E-state index contributed by atoms with van der Waals surface area (Å²) in [5.74, 6) is 4.09. The minimum atomic E-state index is -0.138. The fourth-order valence-electron chi connectivity index (χ4n) is 9.98. The third-order valence-corrected chi connectivity index (χ3v) is 11.2. The topological polar surface area (TPSA) is 43.4 Å². The summed E-state index contributed by atoms with van der Waals surface area (Å²) in [6.45, 7) is 5.01. The van der Waals surface area contributed by atoms with Crippen LogP contribution in [-0.4, -0.2) is 17.4 Å². The summed E-state index contributed by atoms with van der Waals surface area (Å²) < 4.78 is 6.23. The minimum Gasteiger partial charge on any atom is -0.458 e. The Balaban J connectivity index is 1.34. The van der Waals surface area contributed by atoms with Crippen molar-refractivity contribution in [3.8, 4) is 0 Å². The summed E-state index contributed by atoms with van der Waals surface area (Å²) in [6, 6.07) is 0. The maximum absolute atomic E-state index is 12.3. The molecule has 0 unspecified atom stereocenters. The summed E-state index contributed by atoms with van der Waals surface area (Å²) in [7, 11) is 0. The number of carbonyl (C=O) groups is 2.